The van der Waals surface area contributed by atoms with Gasteiger partial charge < -0.3 is 4.74 Å². The van der Waals surface area contributed by atoms with Crippen molar-refractivity contribution in [2.24, 2.45) is 5.92 Å². The van der Waals surface area contributed by atoms with Gasteiger partial charge in [0.1, 0.15) is 11.9 Å². The largest absolute Gasteiger partial charge is 0.485 e. The van der Waals surface area contributed by atoms with Gasteiger partial charge in [-0.1, -0.05) is 54.4 Å². The molecular formula is C19H20O. The molecule has 1 aliphatic heterocycles. The topological polar surface area (TPSA) is 9.23 Å². The van der Waals surface area contributed by atoms with Gasteiger partial charge in [-0.2, -0.15) is 0 Å². The van der Waals surface area contributed by atoms with Crippen LogP contribution in [0.4, 0.5) is 0 Å². The zero-order valence-electron chi connectivity index (χ0n) is 11.9. The molecular weight excluding hydrogens is 244 g/mol. The number of aryl methyl sites for hydroxylation is 1. The molecule has 20 heavy (non-hydrogen) atoms. The van der Waals surface area contributed by atoms with Gasteiger partial charge in [0.25, 0.3) is 0 Å². The Morgan fingerprint density at radius 1 is 0.950 bits per heavy atom. The van der Waals surface area contributed by atoms with Crippen LogP contribution in [-0.4, -0.2) is 0 Å². The van der Waals surface area contributed by atoms with E-state index in [9.17, 15) is 0 Å². The van der Waals surface area contributed by atoms with Gasteiger partial charge in [-0.15, -0.1) is 0 Å². The van der Waals surface area contributed by atoms with E-state index < -0.39 is 0 Å². The zero-order chi connectivity index (χ0) is 13.5. The van der Waals surface area contributed by atoms with Gasteiger partial charge in [-0.3, -0.25) is 0 Å². The van der Waals surface area contributed by atoms with Crippen LogP contribution in [0.3, 0.4) is 0 Å². The Labute approximate surface area is 120 Å². The Morgan fingerprint density at radius 3 is 2.60 bits per heavy atom. The lowest BCUT2D eigenvalue weighted by molar-refractivity contribution is 0.104. The standard InChI is InChI=1S/C19H20O/c1-13-9-11-14(12-10-13)19-17-7-4-6-15(17)16-5-2-3-8-18(16)20-19/h2-3,5,8-12,15,17,19H,4,6-7H2,1H3/t15-,17-,19+/m1/s1. The molecule has 1 heterocycles. The van der Waals surface area contributed by atoms with Crippen LogP contribution in [0.15, 0.2) is 48.5 Å². The van der Waals surface area contributed by atoms with E-state index in [1.54, 1.807) is 0 Å². The predicted octanol–water partition coefficient (Wildman–Crippen LogP) is 5.01. The van der Waals surface area contributed by atoms with E-state index in [-0.39, 0.29) is 6.10 Å². The Bertz CT molecular complexity index is 614. The fraction of sp³-hybridized carbons (Fsp3) is 0.368. The van der Waals surface area contributed by atoms with Crippen molar-refractivity contribution in [1.82, 2.24) is 0 Å². The van der Waals surface area contributed by atoms with E-state index in [0.29, 0.717) is 11.8 Å². The Balaban J connectivity index is 1.76. The molecule has 1 fully saturated rings. The van der Waals surface area contributed by atoms with Crippen molar-refractivity contribution < 1.29 is 4.74 Å². The van der Waals surface area contributed by atoms with Gasteiger partial charge >= 0.3 is 0 Å². The first-order chi connectivity index (χ1) is 9.83. The van der Waals surface area contributed by atoms with Gasteiger partial charge in [-0.25, -0.2) is 0 Å². The van der Waals surface area contributed by atoms with Gasteiger partial charge in [0.05, 0.1) is 0 Å². The summed E-state index contributed by atoms with van der Waals surface area (Å²) in [6.45, 7) is 2.14. The molecule has 0 radical (unpaired) electrons. The molecule has 0 unspecified atom stereocenters. The van der Waals surface area contributed by atoms with Gasteiger partial charge in [0, 0.05) is 5.92 Å². The van der Waals surface area contributed by atoms with Crippen LogP contribution in [0.2, 0.25) is 0 Å². The highest BCUT2D eigenvalue weighted by Crippen LogP contribution is 2.53. The molecule has 0 aromatic heterocycles. The average Bonchev–Trinajstić information content (AvgIpc) is 2.97. The van der Waals surface area contributed by atoms with Crippen molar-refractivity contribution in [1.29, 1.82) is 0 Å². The highest BCUT2D eigenvalue weighted by atomic mass is 16.5. The Kier molecular flexibility index (Phi) is 2.80. The second-order valence-corrected chi connectivity index (χ2v) is 6.19. The van der Waals surface area contributed by atoms with Crippen LogP contribution < -0.4 is 4.74 Å². The maximum absolute atomic E-state index is 6.37. The van der Waals surface area contributed by atoms with Gasteiger partial charge in [0.2, 0.25) is 0 Å². The molecule has 1 aliphatic carbocycles. The third kappa shape index (κ3) is 1.84. The molecule has 4 rings (SSSR count). The van der Waals surface area contributed by atoms with Crippen LogP contribution in [-0.2, 0) is 0 Å². The second kappa shape index (κ2) is 4.66. The molecule has 1 heteroatoms. The summed E-state index contributed by atoms with van der Waals surface area (Å²) in [5, 5.41) is 0. The maximum atomic E-state index is 6.37. The molecule has 0 spiro atoms. The normalized spacial score (nSPS) is 27.6. The first-order valence-electron chi connectivity index (χ1n) is 7.65. The maximum Gasteiger partial charge on any atom is 0.127 e. The predicted molar refractivity (Wildman–Crippen MR) is 81.1 cm³/mol. The molecule has 2 aromatic rings. The molecule has 0 saturated heterocycles. The highest BCUT2D eigenvalue weighted by molar-refractivity contribution is 5.41. The number of hydrogen-bond acceptors (Lipinski definition) is 1. The minimum absolute atomic E-state index is 0.234. The van der Waals surface area contributed by atoms with Crippen LogP contribution in [0.25, 0.3) is 0 Å². The van der Waals surface area contributed by atoms with E-state index in [4.69, 9.17) is 4.74 Å². The smallest absolute Gasteiger partial charge is 0.127 e. The molecule has 1 nitrogen and oxygen atoms in total. The molecule has 0 amide bonds. The van der Waals surface area contributed by atoms with Crippen LogP contribution >= 0.6 is 0 Å². The molecule has 2 aromatic carbocycles. The van der Waals surface area contributed by atoms with E-state index >= 15 is 0 Å². The molecule has 2 aliphatic rings. The van der Waals surface area contributed by atoms with Crippen LogP contribution in [0, 0.1) is 12.8 Å². The summed E-state index contributed by atoms with van der Waals surface area (Å²) in [7, 11) is 0. The summed E-state index contributed by atoms with van der Waals surface area (Å²) in [5.74, 6) is 2.43. The average molecular weight is 264 g/mol. The molecule has 0 bridgehead atoms. The molecule has 102 valence electrons. The van der Waals surface area contributed by atoms with Crippen molar-refractivity contribution in [2.75, 3.05) is 0 Å². The van der Waals surface area contributed by atoms with Crippen molar-refractivity contribution in [2.45, 2.75) is 38.2 Å². The third-order valence-electron chi connectivity index (χ3n) is 4.94. The number of rotatable bonds is 1. The van der Waals surface area contributed by atoms with Crippen LogP contribution in [0.1, 0.15) is 48.0 Å². The van der Waals surface area contributed by atoms with Crippen LogP contribution in [0.5, 0.6) is 5.75 Å². The summed E-state index contributed by atoms with van der Waals surface area (Å²) >= 11 is 0. The summed E-state index contributed by atoms with van der Waals surface area (Å²) in [6.07, 6.45) is 4.17. The summed E-state index contributed by atoms with van der Waals surface area (Å²) < 4.78 is 6.37. The molecule has 3 atom stereocenters. The van der Waals surface area contributed by atoms with Crippen molar-refractivity contribution in [3.05, 3.63) is 65.2 Å². The monoisotopic (exact) mass is 264 g/mol. The summed E-state index contributed by atoms with van der Waals surface area (Å²) in [4.78, 5) is 0. The van der Waals surface area contributed by atoms with E-state index in [1.165, 1.54) is 36.0 Å². The Morgan fingerprint density at radius 2 is 1.75 bits per heavy atom. The van der Waals surface area contributed by atoms with Crippen molar-refractivity contribution in [3.8, 4) is 5.75 Å². The van der Waals surface area contributed by atoms with Gasteiger partial charge in [0.15, 0.2) is 0 Å². The van der Waals surface area contributed by atoms with E-state index in [1.807, 2.05) is 0 Å². The summed E-state index contributed by atoms with van der Waals surface area (Å²) in [5.41, 5.74) is 4.08. The zero-order valence-corrected chi connectivity index (χ0v) is 11.9. The lowest BCUT2D eigenvalue weighted by Crippen LogP contribution is -2.26. The molecule has 0 N–H and O–H groups in total. The lowest BCUT2D eigenvalue weighted by atomic mass is 9.80. The second-order valence-electron chi connectivity index (χ2n) is 6.19. The van der Waals surface area contributed by atoms with Gasteiger partial charge in [-0.05, 0) is 42.9 Å². The fourth-order valence-electron chi connectivity index (χ4n) is 3.93. The first-order valence-corrected chi connectivity index (χ1v) is 7.65. The first kappa shape index (κ1) is 12.0. The van der Waals surface area contributed by atoms with E-state index in [2.05, 4.69) is 55.5 Å². The van der Waals surface area contributed by atoms with Crippen molar-refractivity contribution in [3.63, 3.8) is 0 Å². The fourth-order valence-corrected chi connectivity index (χ4v) is 3.93. The highest BCUT2D eigenvalue weighted by Gasteiger charge is 2.41. The molecule has 1 saturated carbocycles. The number of ether oxygens (including phenoxy) is 1. The quantitative estimate of drug-likeness (QED) is 0.703. The third-order valence-corrected chi connectivity index (χ3v) is 4.94. The number of para-hydroxylation sites is 1. The Hall–Kier alpha value is -1.76. The van der Waals surface area contributed by atoms with Crippen molar-refractivity contribution >= 4 is 0 Å². The minimum Gasteiger partial charge on any atom is -0.485 e. The number of fused-ring (bicyclic) bond motifs is 3. The lowest BCUT2D eigenvalue weighted by Gasteiger charge is -2.36. The minimum atomic E-state index is 0.234. The van der Waals surface area contributed by atoms with E-state index in [0.717, 1.165) is 5.75 Å². The number of benzene rings is 2. The summed E-state index contributed by atoms with van der Waals surface area (Å²) in [6, 6.07) is 17.5. The SMILES string of the molecule is Cc1ccc([C@@H]2Oc3ccccc3[C@H]3CCC[C@H]32)cc1. The number of hydrogen-bond donors (Lipinski definition) is 0.